The summed E-state index contributed by atoms with van der Waals surface area (Å²) in [6.45, 7) is 3.23. The molecule has 0 aliphatic rings. The highest BCUT2D eigenvalue weighted by molar-refractivity contribution is 8.00. The highest BCUT2D eigenvalue weighted by Crippen LogP contribution is 2.37. The number of thioether (sulfide) groups is 1. The Balaban J connectivity index is 2.82. The van der Waals surface area contributed by atoms with Crippen molar-refractivity contribution in [2.75, 3.05) is 6.61 Å². The van der Waals surface area contributed by atoms with E-state index in [1.165, 1.54) is 18.2 Å². The number of carboxylic acid groups (broad SMARTS) is 1. The molecule has 1 amide bonds. The molecule has 1 unspecified atom stereocenters. The van der Waals surface area contributed by atoms with Gasteiger partial charge in [-0.1, -0.05) is 24.8 Å². The molecule has 1 atom stereocenters. The number of carbonyl (C=O) groups is 2. The van der Waals surface area contributed by atoms with Crippen molar-refractivity contribution < 1.29 is 32.6 Å². The quantitative estimate of drug-likeness (QED) is 0.616. The average molecular weight is 335 g/mol. The lowest BCUT2D eigenvalue weighted by molar-refractivity contribution is -0.139. The first-order chi connectivity index (χ1) is 10.2. The predicted octanol–water partition coefficient (Wildman–Crippen LogP) is 3.34. The fourth-order valence-corrected chi connectivity index (χ4v) is 1.98. The summed E-state index contributed by atoms with van der Waals surface area (Å²) in [5, 5.41) is 11.2. The molecule has 0 fully saturated rings. The van der Waals surface area contributed by atoms with Gasteiger partial charge < -0.3 is 15.2 Å². The maximum absolute atomic E-state index is 12.2. The molecule has 5 nitrogen and oxygen atoms in total. The van der Waals surface area contributed by atoms with Crippen molar-refractivity contribution in [3.8, 4) is 0 Å². The third-order valence-electron chi connectivity index (χ3n) is 2.29. The van der Waals surface area contributed by atoms with Crippen LogP contribution in [0.3, 0.4) is 0 Å². The van der Waals surface area contributed by atoms with Crippen LogP contribution in [0.1, 0.15) is 11.6 Å². The average Bonchev–Trinajstić information content (AvgIpc) is 2.41. The van der Waals surface area contributed by atoms with Gasteiger partial charge in [-0.25, -0.2) is 9.59 Å². The number of alkyl halides is 3. The highest BCUT2D eigenvalue weighted by Gasteiger charge is 2.29. The summed E-state index contributed by atoms with van der Waals surface area (Å²) in [6, 6.07) is 3.21. The standard InChI is InChI=1S/C13H12F3NO4S/c1-2-7-21-12(20)17-10(11(18)19)8-3-5-9(6-4-8)22-13(14,15)16/h2-6,10H,1,7H2,(H,17,20)(H,18,19). The summed E-state index contributed by atoms with van der Waals surface area (Å²) in [6.07, 6.45) is 0.333. The Labute approximate surface area is 128 Å². The summed E-state index contributed by atoms with van der Waals surface area (Å²) < 4.78 is 41.2. The van der Waals surface area contributed by atoms with Crippen molar-refractivity contribution in [3.63, 3.8) is 0 Å². The number of benzene rings is 1. The fourth-order valence-electron chi connectivity index (χ4n) is 1.44. The molecule has 9 heteroatoms. The van der Waals surface area contributed by atoms with Crippen LogP contribution in [-0.4, -0.2) is 29.3 Å². The zero-order valence-corrected chi connectivity index (χ0v) is 11.9. The minimum absolute atomic E-state index is 0.0883. The van der Waals surface area contributed by atoms with Crippen LogP contribution in [0.15, 0.2) is 41.8 Å². The van der Waals surface area contributed by atoms with E-state index >= 15 is 0 Å². The molecule has 0 heterocycles. The predicted molar refractivity (Wildman–Crippen MR) is 73.4 cm³/mol. The minimum Gasteiger partial charge on any atom is -0.479 e. The molecule has 0 aliphatic heterocycles. The van der Waals surface area contributed by atoms with E-state index in [1.54, 1.807) is 0 Å². The number of hydrogen-bond donors (Lipinski definition) is 2. The Kier molecular flexibility index (Phi) is 6.29. The molecular formula is C13H12F3NO4S. The van der Waals surface area contributed by atoms with Gasteiger partial charge in [0, 0.05) is 4.90 Å². The van der Waals surface area contributed by atoms with E-state index < -0.39 is 23.6 Å². The number of alkyl carbamates (subject to hydrolysis) is 1. The molecule has 22 heavy (non-hydrogen) atoms. The van der Waals surface area contributed by atoms with Gasteiger partial charge in [-0.2, -0.15) is 13.2 Å². The van der Waals surface area contributed by atoms with E-state index in [4.69, 9.17) is 5.11 Å². The molecule has 120 valence electrons. The number of ether oxygens (including phenoxy) is 1. The zero-order valence-electron chi connectivity index (χ0n) is 11.1. The van der Waals surface area contributed by atoms with Crippen LogP contribution in [0.5, 0.6) is 0 Å². The molecule has 0 aromatic heterocycles. The monoisotopic (exact) mass is 335 g/mol. The molecule has 0 bridgehead atoms. The summed E-state index contributed by atoms with van der Waals surface area (Å²) in [5.41, 5.74) is -4.31. The van der Waals surface area contributed by atoms with Gasteiger partial charge in [-0.3, -0.25) is 0 Å². The molecule has 0 saturated heterocycles. The van der Waals surface area contributed by atoms with Gasteiger partial charge in [-0.15, -0.1) is 0 Å². The summed E-state index contributed by atoms with van der Waals surface area (Å²) in [5.74, 6) is -1.37. The van der Waals surface area contributed by atoms with E-state index in [9.17, 15) is 22.8 Å². The molecule has 1 aromatic rings. The van der Waals surface area contributed by atoms with E-state index in [0.29, 0.717) is 0 Å². The largest absolute Gasteiger partial charge is 0.479 e. The topological polar surface area (TPSA) is 75.6 Å². The van der Waals surface area contributed by atoms with Crippen molar-refractivity contribution >= 4 is 23.8 Å². The summed E-state index contributed by atoms with van der Waals surface area (Å²) in [7, 11) is 0. The number of halogens is 3. The van der Waals surface area contributed by atoms with Crippen molar-refractivity contribution in [1.29, 1.82) is 0 Å². The van der Waals surface area contributed by atoms with Crippen LogP contribution in [0, 0.1) is 0 Å². The molecular weight excluding hydrogens is 323 g/mol. The molecule has 0 spiro atoms. The van der Waals surface area contributed by atoms with Crippen LogP contribution in [0.25, 0.3) is 0 Å². The number of carbonyl (C=O) groups excluding carboxylic acids is 1. The van der Waals surface area contributed by atoms with Crippen LogP contribution < -0.4 is 5.32 Å². The smallest absolute Gasteiger partial charge is 0.446 e. The summed E-state index contributed by atoms with van der Waals surface area (Å²) in [4.78, 5) is 22.4. The number of carboxylic acids is 1. The first kappa shape index (κ1) is 17.9. The van der Waals surface area contributed by atoms with Gasteiger partial charge in [-0.05, 0) is 29.5 Å². The fraction of sp³-hybridized carbons (Fsp3) is 0.231. The Bertz CT molecular complexity index is 545. The van der Waals surface area contributed by atoms with E-state index in [1.807, 2.05) is 0 Å². The first-order valence-electron chi connectivity index (χ1n) is 5.85. The van der Waals surface area contributed by atoms with Crippen molar-refractivity contribution in [1.82, 2.24) is 5.32 Å². The van der Waals surface area contributed by atoms with Crippen LogP contribution >= 0.6 is 11.8 Å². The maximum Gasteiger partial charge on any atom is 0.446 e. The third kappa shape index (κ3) is 6.08. The second kappa shape index (κ2) is 7.74. The third-order valence-corrected chi connectivity index (χ3v) is 3.03. The molecule has 0 radical (unpaired) electrons. The Morgan fingerprint density at radius 1 is 1.36 bits per heavy atom. The van der Waals surface area contributed by atoms with E-state index in [-0.39, 0.29) is 28.8 Å². The van der Waals surface area contributed by atoms with Crippen LogP contribution in [0.4, 0.5) is 18.0 Å². The number of nitrogens with one attached hydrogen (secondary N) is 1. The maximum atomic E-state index is 12.2. The van der Waals surface area contributed by atoms with E-state index in [0.717, 1.165) is 12.1 Å². The second-order valence-corrected chi connectivity index (χ2v) is 5.06. The normalized spacial score (nSPS) is 12.3. The lowest BCUT2D eigenvalue weighted by Crippen LogP contribution is -2.34. The van der Waals surface area contributed by atoms with Gasteiger partial charge in [0.25, 0.3) is 0 Å². The molecule has 0 saturated carbocycles. The molecule has 2 N–H and O–H groups in total. The van der Waals surface area contributed by atoms with Gasteiger partial charge in [0.05, 0.1) is 0 Å². The lowest BCUT2D eigenvalue weighted by atomic mass is 10.1. The van der Waals surface area contributed by atoms with Crippen molar-refractivity contribution in [3.05, 3.63) is 42.5 Å². The lowest BCUT2D eigenvalue weighted by Gasteiger charge is -2.15. The van der Waals surface area contributed by atoms with Gasteiger partial charge >= 0.3 is 17.6 Å². The van der Waals surface area contributed by atoms with Crippen molar-refractivity contribution in [2.24, 2.45) is 0 Å². The van der Waals surface area contributed by atoms with Crippen LogP contribution in [-0.2, 0) is 9.53 Å². The SMILES string of the molecule is C=CCOC(=O)NC(C(=O)O)c1ccc(SC(F)(F)F)cc1. The molecule has 1 aromatic carbocycles. The summed E-state index contributed by atoms with van der Waals surface area (Å²) >= 11 is -0.316. The first-order valence-corrected chi connectivity index (χ1v) is 6.67. The van der Waals surface area contributed by atoms with Gasteiger partial charge in [0.1, 0.15) is 6.61 Å². The molecule has 1 rings (SSSR count). The van der Waals surface area contributed by atoms with Gasteiger partial charge in [0.15, 0.2) is 6.04 Å². The Morgan fingerprint density at radius 2 is 1.95 bits per heavy atom. The number of amides is 1. The molecule has 0 aliphatic carbocycles. The number of aliphatic carboxylic acids is 1. The highest BCUT2D eigenvalue weighted by atomic mass is 32.2. The second-order valence-electron chi connectivity index (χ2n) is 3.92. The number of hydrogen-bond acceptors (Lipinski definition) is 4. The number of rotatable bonds is 6. The minimum atomic E-state index is -4.43. The zero-order chi connectivity index (χ0) is 16.8. The van der Waals surface area contributed by atoms with E-state index in [2.05, 4.69) is 16.6 Å². The Morgan fingerprint density at radius 3 is 2.41 bits per heavy atom. The van der Waals surface area contributed by atoms with Gasteiger partial charge in [0.2, 0.25) is 0 Å². The Hall–Kier alpha value is -2.16. The van der Waals surface area contributed by atoms with Crippen LogP contribution in [0.2, 0.25) is 0 Å². The van der Waals surface area contributed by atoms with Crippen molar-refractivity contribution in [2.45, 2.75) is 16.4 Å².